The van der Waals surface area contributed by atoms with E-state index in [4.69, 9.17) is 21.1 Å². The summed E-state index contributed by atoms with van der Waals surface area (Å²) < 4.78 is 7.54. The largest absolute Gasteiger partial charge is 0.475 e. The fourth-order valence-corrected chi connectivity index (χ4v) is 3.17. The number of furan rings is 1. The fraction of sp³-hybridized carbons (Fsp3) is 0.0500. The second-order valence-electron chi connectivity index (χ2n) is 5.76. The van der Waals surface area contributed by atoms with Crippen LogP contribution in [0.3, 0.4) is 0 Å². The van der Waals surface area contributed by atoms with Crippen LogP contribution in [0.2, 0.25) is 5.02 Å². The number of carboxylic acids is 1. The molecule has 0 spiro atoms. The van der Waals surface area contributed by atoms with Crippen LogP contribution in [0.5, 0.6) is 0 Å². The third kappa shape index (κ3) is 2.92. The van der Waals surface area contributed by atoms with Crippen molar-refractivity contribution in [1.29, 1.82) is 0 Å². The molecule has 0 radical (unpaired) electrons. The van der Waals surface area contributed by atoms with Crippen molar-refractivity contribution in [2.45, 2.75) is 6.54 Å². The van der Waals surface area contributed by atoms with Crippen molar-refractivity contribution in [3.8, 4) is 11.3 Å². The lowest BCUT2D eigenvalue weighted by Crippen LogP contribution is -2.01. The first-order valence-electron chi connectivity index (χ1n) is 7.78. The first-order valence-corrected chi connectivity index (χ1v) is 8.16. The van der Waals surface area contributed by atoms with Gasteiger partial charge in [-0.05, 0) is 42.0 Å². The SMILES string of the molecule is O=C(O)c1ccc(Cn2c(-c3ccccc3)cc3cc(Cl)ccc32)o1. The number of halogens is 1. The number of benzene rings is 2. The Labute approximate surface area is 148 Å². The Morgan fingerprint density at radius 3 is 2.56 bits per heavy atom. The van der Waals surface area contributed by atoms with Gasteiger partial charge < -0.3 is 14.1 Å². The molecule has 0 fully saturated rings. The van der Waals surface area contributed by atoms with Gasteiger partial charge in [0.05, 0.1) is 6.54 Å². The van der Waals surface area contributed by atoms with E-state index in [2.05, 4.69) is 10.6 Å². The maximum absolute atomic E-state index is 11.0. The molecule has 0 saturated heterocycles. The van der Waals surface area contributed by atoms with Gasteiger partial charge in [0, 0.05) is 21.6 Å². The first-order chi connectivity index (χ1) is 12.1. The Hall–Kier alpha value is -2.98. The molecule has 4 aromatic rings. The van der Waals surface area contributed by atoms with Crippen molar-refractivity contribution in [2.24, 2.45) is 0 Å². The number of nitrogens with zero attached hydrogens (tertiary/aromatic N) is 1. The van der Waals surface area contributed by atoms with Gasteiger partial charge in [0.1, 0.15) is 5.76 Å². The highest BCUT2D eigenvalue weighted by Crippen LogP contribution is 2.31. The van der Waals surface area contributed by atoms with Gasteiger partial charge in [0.2, 0.25) is 5.76 Å². The molecular weight excluding hydrogens is 338 g/mol. The molecule has 5 heteroatoms. The number of fused-ring (bicyclic) bond motifs is 1. The van der Waals surface area contributed by atoms with E-state index in [0.29, 0.717) is 17.3 Å². The lowest BCUT2D eigenvalue weighted by atomic mass is 10.1. The molecule has 2 aromatic carbocycles. The predicted molar refractivity (Wildman–Crippen MR) is 97.2 cm³/mol. The Balaban J connectivity index is 1.86. The summed E-state index contributed by atoms with van der Waals surface area (Å²) in [6, 6.07) is 21.0. The molecular formula is C20H14ClNO3. The van der Waals surface area contributed by atoms with Gasteiger partial charge in [0.15, 0.2) is 0 Å². The lowest BCUT2D eigenvalue weighted by molar-refractivity contribution is 0.0660. The summed E-state index contributed by atoms with van der Waals surface area (Å²) in [6.45, 7) is 0.433. The zero-order valence-electron chi connectivity index (χ0n) is 13.1. The molecule has 0 aliphatic carbocycles. The van der Waals surface area contributed by atoms with E-state index < -0.39 is 5.97 Å². The monoisotopic (exact) mass is 351 g/mol. The molecule has 4 nitrogen and oxygen atoms in total. The summed E-state index contributed by atoms with van der Waals surface area (Å²) in [5.74, 6) is -0.545. The van der Waals surface area contributed by atoms with Crippen LogP contribution in [0, 0.1) is 0 Å². The molecule has 0 atom stereocenters. The van der Waals surface area contributed by atoms with Crippen LogP contribution in [0.15, 0.2) is 71.1 Å². The maximum atomic E-state index is 11.0. The van der Waals surface area contributed by atoms with E-state index in [1.165, 1.54) is 6.07 Å². The van der Waals surface area contributed by atoms with E-state index in [0.717, 1.165) is 22.2 Å². The zero-order chi connectivity index (χ0) is 17.4. The van der Waals surface area contributed by atoms with Gasteiger partial charge in [-0.1, -0.05) is 41.9 Å². The highest BCUT2D eigenvalue weighted by molar-refractivity contribution is 6.31. The van der Waals surface area contributed by atoms with Crippen LogP contribution in [-0.4, -0.2) is 15.6 Å². The molecule has 0 aliphatic heterocycles. The van der Waals surface area contributed by atoms with Crippen LogP contribution in [0.4, 0.5) is 0 Å². The minimum Gasteiger partial charge on any atom is -0.475 e. The van der Waals surface area contributed by atoms with Crippen LogP contribution >= 0.6 is 11.6 Å². The molecule has 4 rings (SSSR count). The molecule has 2 aromatic heterocycles. The van der Waals surface area contributed by atoms with Crippen LogP contribution in [-0.2, 0) is 6.54 Å². The van der Waals surface area contributed by atoms with Crippen molar-refractivity contribution in [3.05, 3.63) is 83.3 Å². The van der Waals surface area contributed by atoms with E-state index in [1.54, 1.807) is 6.07 Å². The van der Waals surface area contributed by atoms with Crippen LogP contribution < -0.4 is 0 Å². The maximum Gasteiger partial charge on any atom is 0.371 e. The lowest BCUT2D eigenvalue weighted by Gasteiger charge is -2.09. The number of hydrogen-bond acceptors (Lipinski definition) is 2. The smallest absolute Gasteiger partial charge is 0.371 e. The van der Waals surface area contributed by atoms with E-state index in [-0.39, 0.29) is 5.76 Å². The van der Waals surface area contributed by atoms with Gasteiger partial charge in [-0.3, -0.25) is 0 Å². The van der Waals surface area contributed by atoms with Gasteiger partial charge in [-0.15, -0.1) is 0 Å². The topological polar surface area (TPSA) is 55.4 Å². The molecule has 0 unspecified atom stereocenters. The van der Waals surface area contributed by atoms with Crippen molar-refractivity contribution in [1.82, 2.24) is 4.57 Å². The van der Waals surface area contributed by atoms with E-state index >= 15 is 0 Å². The summed E-state index contributed by atoms with van der Waals surface area (Å²) in [7, 11) is 0. The Kier molecular flexibility index (Phi) is 3.82. The number of carboxylic acid groups (broad SMARTS) is 1. The second kappa shape index (κ2) is 6.15. The minimum atomic E-state index is -1.07. The van der Waals surface area contributed by atoms with Gasteiger partial charge in [-0.25, -0.2) is 4.79 Å². The molecule has 1 N–H and O–H groups in total. The molecule has 0 bridgehead atoms. The number of aromatic carboxylic acids is 1. The number of rotatable bonds is 4. The van der Waals surface area contributed by atoms with E-state index in [1.807, 2.05) is 48.5 Å². The number of hydrogen-bond donors (Lipinski definition) is 1. The Morgan fingerprint density at radius 2 is 1.84 bits per heavy atom. The molecule has 0 amide bonds. The van der Waals surface area contributed by atoms with Crippen molar-refractivity contribution in [3.63, 3.8) is 0 Å². The molecule has 124 valence electrons. The minimum absolute atomic E-state index is 0.0595. The van der Waals surface area contributed by atoms with Gasteiger partial charge in [0.25, 0.3) is 0 Å². The van der Waals surface area contributed by atoms with Crippen LogP contribution in [0.25, 0.3) is 22.2 Å². The predicted octanol–water partition coefficient (Wildman–Crippen LogP) is 5.30. The average Bonchev–Trinajstić information content (AvgIpc) is 3.21. The summed E-state index contributed by atoms with van der Waals surface area (Å²) >= 11 is 6.13. The Morgan fingerprint density at radius 1 is 1.04 bits per heavy atom. The number of aromatic nitrogens is 1. The summed E-state index contributed by atoms with van der Waals surface area (Å²) in [4.78, 5) is 11.0. The Bertz CT molecular complexity index is 1060. The molecule has 0 aliphatic rings. The number of carbonyl (C=O) groups is 1. The zero-order valence-corrected chi connectivity index (χ0v) is 13.9. The fourth-order valence-electron chi connectivity index (χ4n) is 2.99. The van der Waals surface area contributed by atoms with E-state index in [9.17, 15) is 4.79 Å². The molecule has 0 saturated carbocycles. The average molecular weight is 352 g/mol. The quantitative estimate of drug-likeness (QED) is 0.542. The summed E-state index contributed by atoms with van der Waals surface area (Å²) in [5, 5.41) is 10.7. The van der Waals surface area contributed by atoms with Gasteiger partial charge in [-0.2, -0.15) is 0 Å². The van der Waals surface area contributed by atoms with Crippen molar-refractivity contribution < 1.29 is 14.3 Å². The second-order valence-corrected chi connectivity index (χ2v) is 6.19. The molecule has 25 heavy (non-hydrogen) atoms. The first kappa shape index (κ1) is 15.5. The third-order valence-corrected chi connectivity index (χ3v) is 4.35. The highest BCUT2D eigenvalue weighted by Gasteiger charge is 2.14. The molecule has 2 heterocycles. The third-order valence-electron chi connectivity index (χ3n) is 4.12. The summed E-state index contributed by atoms with van der Waals surface area (Å²) in [5.41, 5.74) is 3.10. The van der Waals surface area contributed by atoms with Gasteiger partial charge >= 0.3 is 5.97 Å². The van der Waals surface area contributed by atoms with Crippen molar-refractivity contribution >= 4 is 28.5 Å². The highest BCUT2D eigenvalue weighted by atomic mass is 35.5. The summed E-state index contributed by atoms with van der Waals surface area (Å²) in [6.07, 6.45) is 0. The van der Waals surface area contributed by atoms with Crippen molar-refractivity contribution in [2.75, 3.05) is 0 Å². The normalized spacial score (nSPS) is 11.1. The van der Waals surface area contributed by atoms with Crippen LogP contribution in [0.1, 0.15) is 16.3 Å². The standard InChI is InChI=1S/C20H14ClNO3/c21-15-6-8-17-14(10-15)11-18(13-4-2-1-3-5-13)22(17)12-16-7-9-19(25-16)20(23)24/h1-11H,12H2,(H,23,24).